The van der Waals surface area contributed by atoms with Crippen molar-refractivity contribution in [3.05, 3.63) is 0 Å². The molecule has 0 radical (unpaired) electrons. The van der Waals surface area contributed by atoms with Crippen LogP contribution in [0.25, 0.3) is 0 Å². The summed E-state index contributed by atoms with van der Waals surface area (Å²) in [6.45, 7) is 4.57. The van der Waals surface area contributed by atoms with Crippen molar-refractivity contribution in [2.75, 3.05) is 0 Å². The quantitative estimate of drug-likeness (QED) is 0.251. The van der Waals surface area contributed by atoms with E-state index in [9.17, 15) is 0 Å². The Bertz CT molecular complexity index is 176. The Morgan fingerprint density at radius 1 is 0.478 bits per heavy atom. The zero-order valence-corrected chi connectivity index (χ0v) is 17.1. The van der Waals surface area contributed by atoms with E-state index in [-0.39, 0.29) is 12.4 Å². The van der Waals surface area contributed by atoms with E-state index in [0.717, 1.165) is 0 Å². The van der Waals surface area contributed by atoms with E-state index in [1.807, 2.05) is 0 Å². The summed E-state index contributed by atoms with van der Waals surface area (Å²) >= 11 is 0. The Labute approximate surface area is 154 Å². The Hall–Kier alpha value is 0.250. The largest absolute Gasteiger partial charge is 0.328 e. The Morgan fingerprint density at radius 2 is 0.739 bits per heavy atom. The molecule has 0 aromatic carbocycles. The molecule has 142 valence electrons. The molecule has 0 aliphatic rings. The first kappa shape index (κ1) is 25.5. The predicted molar refractivity (Wildman–Crippen MR) is 110 cm³/mol. The number of unbranched alkanes of at least 4 members (excludes halogenated alkanes) is 14. The maximum atomic E-state index is 6.23. The van der Waals surface area contributed by atoms with Crippen LogP contribution in [-0.2, 0) is 0 Å². The molecule has 0 fully saturated rings. The highest BCUT2D eigenvalue weighted by Crippen LogP contribution is 2.14. The van der Waals surface area contributed by atoms with Gasteiger partial charge in [-0.05, 0) is 12.8 Å². The van der Waals surface area contributed by atoms with Gasteiger partial charge in [0.05, 0.1) is 0 Å². The van der Waals surface area contributed by atoms with E-state index in [4.69, 9.17) is 5.73 Å². The lowest BCUT2D eigenvalue weighted by Crippen LogP contribution is -2.19. The number of nitrogens with two attached hydrogens (primary N) is 1. The fourth-order valence-corrected chi connectivity index (χ4v) is 3.23. The smallest absolute Gasteiger partial charge is 0.00388 e. The van der Waals surface area contributed by atoms with Gasteiger partial charge in [-0.2, -0.15) is 0 Å². The predicted octanol–water partition coefficient (Wildman–Crippen LogP) is 7.80. The van der Waals surface area contributed by atoms with Crippen LogP contribution in [0.1, 0.15) is 129 Å². The van der Waals surface area contributed by atoms with E-state index < -0.39 is 0 Å². The Morgan fingerprint density at radius 3 is 1.04 bits per heavy atom. The summed E-state index contributed by atoms with van der Waals surface area (Å²) in [5.41, 5.74) is 6.23. The van der Waals surface area contributed by atoms with Crippen molar-refractivity contribution in [3.63, 3.8) is 0 Å². The molecular formula is C21H46ClN. The van der Waals surface area contributed by atoms with Crippen LogP contribution < -0.4 is 5.73 Å². The molecule has 0 atom stereocenters. The van der Waals surface area contributed by atoms with Crippen LogP contribution in [0.4, 0.5) is 0 Å². The molecule has 23 heavy (non-hydrogen) atoms. The van der Waals surface area contributed by atoms with Gasteiger partial charge in [0.1, 0.15) is 0 Å². The molecule has 0 unspecified atom stereocenters. The van der Waals surface area contributed by atoms with Crippen LogP contribution in [0.2, 0.25) is 0 Å². The molecule has 0 amide bonds. The summed E-state index contributed by atoms with van der Waals surface area (Å²) in [7, 11) is 0. The minimum Gasteiger partial charge on any atom is -0.328 e. The van der Waals surface area contributed by atoms with Crippen LogP contribution in [0, 0.1) is 0 Å². The molecule has 0 aromatic rings. The van der Waals surface area contributed by atoms with Crippen LogP contribution >= 0.6 is 12.4 Å². The summed E-state index contributed by atoms with van der Waals surface area (Å²) in [5.74, 6) is 0. The van der Waals surface area contributed by atoms with Crippen molar-refractivity contribution in [1.82, 2.24) is 0 Å². The van der Waals surface area contributed by atoms with Crippen LogP contribution in [0.3, 0.4) is 0 Å². The highest BCUT2D eigenvalue weighted by atomic mass is 35.5. The van der Waals surface area contributed by atoms with Gasteiger partial charge in [-0.25, -0.2) is 0 Å². The van der Waals surface area contributed by atoms with Crippen LogP contribution in [-0.4, -0.2) is 6.04 Å². The molecular weight excluding hydrogens is 302 g/mol. The first-order valence-corrected chi connectivity index (χ1v) is 10.6. The lowest BCUT2D eigenvalue weighted by molar-refractivity contribution is 0.480. The number of hydrogen-bond acceptors (Lipinski definition) is 1. The van der Waals surface area contributed by atoms with Crippen molar-refractivity contribution in [2.24, 2.45) is 5.73 Å². The van der Waals surface area contributed by atoms with Crippen molar-refractivity contribution in [2.45, 2.75) is 135 Å². The highest BCUT2D eigenvalue weighted by molar-refractivity contribution is 5.85. The second kappa shape index (κ2) is 22.2. The molecule has 0 spiro atoms. The zero-order chi connectivity index (χ0) is 16.3. The molecule has 0 bridgehead atoms. The third kappa shape index (κ3) is 22.2. The average molecular weight is 348 g/mol. The van der Waals surface area contributed by atoms with E-state index >= 15 is 0 Å². The molecule has 0 aliphatic heterocycles. The molecule has 0 aliphatic carbocycles. The minimum atomic E-state index is 0. The highest BCUT2D eigenvalue weighted by Gasteiger charge is 2.02. The molecule has 0 saturated carbocycles. The van der Waals surface area contributed by atoms with Gasteiger partial charge < -0.3 is 5.73 Å². The summed E-state index contributed by atoms with van der Waals surface area (Å²) in [5, 5.41) is 0. The average Bonchev–Trinajstić information content (AvgIpc) is 2.52. The van der Waals surface area contributed by atoms with E-state index in [1.165, 1.54) is 116 Å². The number of halogens is 1. The Balaban J connectivity index is 0. The maximum absolute atomic E-state index is 6.23. The Kier molecular flexibility index (Phi) is 24.7. The second-order valence-electron chi connectivity index (χ2n) is 7.29. The van der Waals surface area contributed by atoms with Crippen molar-refractivity contribution in [1.29, 1.82) is 0 Å². The first-order chi connectivity index (χ1) is 10.8. The van der Waals surface area contributed by atoms with Gasteiger partial charge in [0.25, 0.3) is 0 Å². The summed E-state index contributed by atoms with van der Waals surface area (Å²) in [6.07, 6.45) is 25.1. The lowest BCUT2D eigenvalue weighted by atomic mass is 10.0. The molecule has 0 aromatic heterocycles. The molecule has 2 N–H and O–H groups in total. The summed E-state index contributed by atoms with van der Waals surface area (Å²) in [6, 6.07) is 0.472. The van der Waals surface area contributed by atoms with Gasteiger partial charge in [0.15, 0.2) is 0 Å². The summed E-state index contributed by atoms with van der Waals surface area (Å²) < 4.78 is 0. The van der Waals surface area contributed by atoms with Gasteiger partial charge in [-0.3, -0.25) is 0 Å². The third-order valence-corrected chi connectivity index (χ3v) is 4.86. The van der Waals surface area contributed by atoms with Crippen molar-refractivity contribution >= 4 is 12.4 Å². The fraction of sp³-hybridized carbons (Fsp3) is 1.00. The molecule has 0 heterocycles. The minimum absolute atomic E-state index is 0. The normalized spacial score (nSPS) is 11.0. The fourth-order valence-electron chi connectivity index (χ4n) is 3.23. The van der Waals surface area contributed by atoms with Gasteiger partial charge in [-0.1, -0.05) is 117 Å². The lowest BCUT2D eigenvalue weighted by Gasteiger charge is -2.11. The standard InChI is InChI=1S/C21H45N.ClH/c1-3-5-7-9-11-13-15-17-19-21(22)20-18-16-14-12-10-8-6-4-2;/h21H,3-20,22H2,1-2H3;1H. The number of rotatable bonds is 18. The van der Waals surface area contributed by atoms with Gasteiger partial charge in [0.2, 0.25) is 0 Å². The van der Waals surface area contributed by atoms with Gasteiger partial charge >= 0.3 is 0 Å². The third-order valence-electron chi connectivity index (χ3n) is 4.86. The zero-order valence-electron chi connectivity index (χ0n) is 16.3. The molecule has 2 heteroatoms. The van der Waals surface area contributed by atoms with Crippen molar-refractivity contribution in [3.8, 4) is 0 Å². The van der Waals surface area contributed by atoms with E-state index in [2.05, 4.69) is 13.8 Å². The number of hydrogen-bond donors (Lipinski definition) is 1. The van der Waals surface area contributed by atoms with E-state index in [1.54, 1.807) is 0 Å². The SMILES string of the molecule is CCCCCCCCCCC(N)CCCCCCCCCC.Cl. The summed E-state index contributed by atoms with van der Waals surface area (Å²) in [4.78, 5) is 0. The van der Waals surface area contributed by atoms with Crippen molar-refractivity contribution < 1.29 is 0 Å². The van der Waals surface area contributed by atoms with Gasteiger partial charge in [0, 0.05) is 6.04 Å². The monoisotopic (exact) mass is 347 g/mol. The van der Waals surface area contributed by atoms with Crippen LogP contribution in [0.5, 0.6) is 0 Å². The second-order valence-corrected chi connectivity index (χ2v) is 7.29. The first-order valence-electron chi connectivity index (χ1n) is 10.6. The topological polar surface area (TPSA) is 26.0 Å². The molecule has 0 saturated heterocycles. The molecule has 0 rings (SSSR count). The molecule has 1 nitrogen and oxygen atoms in total. The van der Waals surface area contributed by atoms with E-state index in [0.29, 0.717) is 6.04 Å². The van der Waals surface area contributed by atoms with Crippen LogP contribution in [0.15, 0.2) is 0 Å². The maximum Gasteiger partial charge on any atom is 0.00388 e. The van der Waals surface area contributed by atoms with Gasteiger partial charge in [-0.15, -0.1) is 12.4 Å².